The van der Waals surface area contributed by atoms with E-state index in [0.717, 1.165) is 58.8 Å². The number of anilines is 1. The Morgan fingerprint density at radius 2 is 2.04 bits per heavy atom. The number of nitrogens with zero attached hydrogens (tertiary/aromatic N) is 6. The van der Waals surface area contributed by atoms with Crippen molar-refractivity contribution in [2.24, 2.45) is 0 Å². The van der Waals surface area contributed by atoms with Crippen LogP contribution in [0.5, 0.6) is 0 Å². The van der Waals surface area contributed by atoms with E-state index in [0.29, 0.717) is 5.92 Å². The van der Waals surface area contributed by atoms with Crippen LogP contribution in [-0.2, 0) is 0 Å². The van der Waals surface area contributed by atoms with Crippen LogP contribution in [0.15, 0.2) is 30.7 Å². The fraction of sp³-hybridized carbons (Fsp3) is 0.353. The third-order valence-corrected chi connectivity index (χ3v) is 5.31. The zero-order valence-electron chi connectivity index (χ0n) is 13.6. The molecule has 122 valence electrons. The molecule has 3 aromatic heterocycles. The summed E-state index contributed by atoms with van der Waals surface area (Å²) in [6.45, 7) is 3.93. The van der Waals surface area contributed by atoms with E-state index in [1.165, 1.54) is 16.9 Å². The average Bonchev–Trinajstić information content (AvgIpc) is 2.62. The molecule has 0 bridgehead atoms. The Balaban J connectivity index is 1.63. The molecule has 6 nitrogen and oxygen atoms in total. The summed E-state index contributed by atoms with van der Waals surface area (Å²) in [5.41, 5.74) is 2.84. The van der Waals surface area contributed by atoms with E-state index in [4.69, 9.17) is 4.98 Å². The van der Waals surface area contributed by atoms with Gasteiger partial charge in [-0.2, -0.15) is 0 Å². The molecule has 0 aromatic carbocycles. The molecule has 0 aliphatic carbocycles. The van der Waals surface area contributed by atoms with E-state index in [2.05, 4.69) is 30.9 Å². The van der Waals surface area contributed by atoms with Crippen molar-refractivity contribution in [2.45, 2.75) is 25.7 Å². The van der Waals surface area contributed by atoms with Gasteiger partial charge >= 0.3 is 149 Å². The standard InChI is InChI=1S/C17H19AsN6/c1-11-6-7-19-17(22-11)12-3-2-8-24(9-12)14-5-4-13-15(23-14)16(18)21-10-20-13/h4-7,10,12H,2-3,8-9,18H2,1H3. The Labute approximate surface area is 149 Å². The first kappa shape index (κ1) is 15.5. The van der Waals surface area contributed by atoms with Crippen molar-refractivity contribution in [3.05, 3.63) is 42.2 Å². The molecule has 1 fully saturated rings. The zero-order chi connectivity index (χ0) is 16.5. The average molecular weight is 382 g/mol. The summed E-state index contributed by atoms with van der Waals surface area (Å²) in [6, 6.07) is 6.04. The number of piperidine rings is 1. The number of pyridine rings is 1. The van der Waals surface area contributed by atoms with Gasteiger partial charge in [-0.15, -0.1) is 0 Å². The van der Waals surface area contributed by atoms with Gasteiger partial charge in [-0.25, -0.2) is 0 Å². The fourth-order valence-electron chi connectivity index (χ4n) is 3.19. The molecule has 3 aromatic rings. The molecular weight excluding hydrogens is 363 g/mol. The first-order valence-electron chi connectivity index (χ1n) is 8.12. The quantitative estimate of drug-likeness (QED) is 0.610. The van der Waals surface area contributed by atoms with Gasteiger partial charge in [0.1, 0.15) is 0 Å². The number of rotatable bonds is 2. The van der Waals surface area contributed by atoms with Crippen LogP contribution < -0.4 is 9.38 Å². The van der Waals surface area contributed by atoms with Crippen molar-refractivity contribution in [3.8, 4) is 0 Å². The summed E-state index contributed by atoms with van der Waals surface area (Å²) in [5.74, 6) is 2.30. The van der Waals surface area contributed by atoms with Gasteiger partial charge < -0.3 is 0 Å². The first-order valence-corrected chi connectivity index (χ1v) is 9.33. The number of fused-ring (bicyclic) bond motifs is 1. The van der Waals surface area contributed by atoms with Crippen molar-refractivity contribution in [3.63, 3.8) is 0 Å². The molecule has 0 N–H and O–H groups in total. The van der Waals surface area contributed by atoms with Crippen LogP contribution >= 0.6 is 0 Å². The van der Waals surface area contributed by atoms with E-state index in [1.54, 1.807) is 6.33 Å². The Morgan fingerprint density at radius 1 is 1.12 bits per heavy atom. The van der Waals surface area contributed by atoms with Crippen LogP contribution in [0.4, 0.5) is 5.82 Å². The van der Waals surface area contributed by atoms with Crippen molar-refractivity contribution < 1.29 is 0 Å². The fourth-order valence-corrected chi connectivity index (χ4v) is 3.77. The monoisotopic (exact) mass is 382 g/mol. The van der Waals surface area contributed by atoms with E-state index in [-0.39, 0.29) is 0 Å². The molecule has 0 spiro atoms. The van der Waals surface area contributed by atoms with Crippen molar-refractivity contribution >= 4 is 38.2 Å². The third kappa shape index (κ3) is 2.98. The molecule has 0 saturated carbocycles. The second kappa shape index (κ2) is 6.44. The Morgan fingerprint density at radius 3 is 2.92 bits per heavy atom. The van der Waals surface area contributed by atoms with E-state index >= 15 is 0 Å². The molecule has 2 atom stereocenters. The molecule has 7 heteroatoms. The Hall–Kier alpha value is -2.07. The molecule has 4 heterocycles. The molecular formula is C17H19AsN6. The molecule has 1 aliphatic rings. The van der Waals surface area contributed by atoms with Crippen LogP contribution in [-0.4, -0.2) is 54.9 Å². The number of aromatic nitrogens is 5. The second-order valence-corrected chi connectivity index (χ2v) is 7.28. The van der Waals surface area contributed by atoms with Gasteiger partial charge in [-0.1, -0.05) is 0 Å². The van der Waals surface area contributed by atoms with E-state index in [9.17, 15) is 0 Å². The van der Waals surface area contributed by atoms with Crippen LogP contribution in [0.1, 0.15) is 30.3 Å². The van der Waals surface area contributed by atoms with Crippen molar-refractivity contribution in [1.82, 2.24) is 24.9 Å². The summed E-state index contributed by atoms with van der Waals surface area (Å²) < 4.78 is 0.977. The predicted octanol–water partition coefficient (Wildman–Crippen LogP) is 0.766. The zero-order valence-corrected chi connectivity index (χ0v) is 16.0. The van der Waals surface area contributed by atoms with Gasteiger partial charge in [0, 0.05) is 0 Å². The summed E-state index contributed by atoms with van der Waals surface area (Å²) in [4.78, 5) is 24.8. The normalized spacial score (nSPS) is 18.1. The third-order valence-electron chi connectivity index (χ3n) is 4.42. The van der Waals surface area contributed by atoms with Crippen LogP contribution in [0, 0.1) is 6.92 Å². The molecule has 0 radical (unpaired) electrons. The van der Waals surface area contributed by atoms with Gasteiger partial charge in [-0.05, 0) is 0 Å². The summed E-state index contributed by atoms with van der Waals surface area (Å²) in [6.07, 6.45) is 5.70. The van der Waals surface area contributed by atoms with Crippen LogP contribution in [0.25, 0.3) is 11.0 Å². The van der Waals surface area contributed by atoms with Gasteiger partial charge in [0.2, 0.25) is 0 Å². The summed E-state index contributed by atoms with van der Waals surface area (Å²) in [5, 5.41) is 0. The minimum atomic E-state index is 0.355. The maximum absolute atomic E-state index is 4.82. The Bertz CT molecular complexity index is 884. The molecule has 0 amide bonds. The number of aryl methyl sites for hydroxylation is 1. The molecule has 24 heavy (non-hydrogen) atoms. The van der Waals surface area contributed by atoms with E-state index < -0.39 is 0 Å². The summed E-state index contributed by atoms with van der Waals surface area (Å²) in [7, 11) is 0. The Kier molecular flexibility index (Phi) is 4.15. The van der Waals surface area contributed by atoms with Crippen LogP contribution in [0.2, 0.25) is 0 Å². The first-order chi connectivity index (χ1) is 11.7. The van der Waals surface area contributed by atoms with Crippen LogP contribution in [0.3, 0.4) is 0 Å². The SMILES string of the molecule is Cc1ccnc(C2CCCN(c3ccc4ncnc([AsH2])c4n3)C2)n1. The van der Waals surface area contributed by atoms with Gasteiger partial charge in [0.25, 0.3) is 0 Å². The maximum atomic E-state index is 4.82. The van der Waals surface area contributed by atoms with Crippen molar-refractivity contribution in [2.75, 3.05) is 18.0 Å². The van der Waals surface area contributed by atoms with Gasteiger partial charge in [0.15, 0.2) is 0 Å². The van der Waals surface area contributed by atoms with Gasteiger partial charge in [-0.3, -0.25) is 0 Å². The molecule has 2 unspecified atom stereocenters. The minimum absolute atomic E-state index is 0.355. The number of hydrogen-bond acceptors (Lipinski definition) is 6. The molecule has 1 saturated heterocycles. The van der Waals surface area contributed by atoms with Gasteiger partial charge in [0.05, 0.1) is 0 Å². The number of hydrogen-bond donors (Lipinski definition) is 0. The topological polar surface area (TPSA) is 67.7 Å². The summed E-state index contributed by atoms with van der Waals surface area (Å²) >= 11 is 1.48. The van der Waals surface area contributed by atoms with Crippen molar-refractivity contribution in [1.29, 1.82) is 0 Å². The second-order valence-electron chi connectivity index (χ2n) is 6.14. The molecule has 1 aliphatic heterocycles. The molecule has 4 rings (SSSR count). The predicted molar refractivity (Wildman–Crippen MR) is 96.5 cm³/mol. The van der Waals surface area contributed by atoms with E-state index in [1.807, 2.05) is 25.3 Å².